The quantitative estimate of drug-likeness (QED) is 0.275. The summed E-state index contributed by atoms with van der Waals surface area (Å²) in [6.07, 6.45) is 1.51. The van der Waals surface area contributed by atoms with Crippen molar-refractivity contribution in [1.29, 1.82) is 0 Å². The summed E-state index contributed by atoms with van der Waals surface area (Å²) in [7, 11) is 1.19. The van der Waals surface area contributed by atoms with Gasteiger partial charge in [0, 0.05) is 0 Å². The lowest BCUT2D eigenvalue weighted by molar-refractivity contribution is -0.143. The predicted octanol–water partition coefficient (Wildman–Crippen LogP) is 2.54. The van der Waals surface area contributed by atoms with Gasteiger partial charge in [-0.3, -0.25) is 9.59 Å². The summed E-state index contributed by atoms with van der Waals surface area (Å²) in [5, 5.41) is 2.47. The number of rotatable bonds is 7. The third-order valence-corrected chi connectivity index (χ3v) is 4.27. The van der Waals surface area contributed by atoms with Crippen molar-refractivity contribution in [2.45, 2.75) is 26.9 Å². The summed E-state index contributed by atoms with van der Waals surface area (Å²) in [4.78, 5) is 36.5. The Labute approximate surface area is 171 Å². The second-order valence-corrected chi connectivity index (χ2v) is 7.05. The van der Waals surface area contributed by atoms with E-state index in [1.807, 2.05) is 26.8 Å². The summed E-state index contributed by atoms with van der Waals surface area (Å²) < 4.78 is 16.8. The van der Waals surface area contributed by atoms with Crippen LogP contribution in [0.25, 0.3) is 6.08 Å². The number of hydrogen-bond acceptors (Lipinski definition) is 6. The second kappa shape index (κ2) is 9.07. The summed E-state index contributed by atoms with van der Waals surface area (Å²) in [6, 6.07) is 2.88. The molecule has 0 bridgehead atoms. The molecule has 0 radical (unpaired) electrons. The number of amides is 3. The fourth-order valence-corrected chi connectivity index (χ4v) is 3.11. The summed E-state index contributed by atoms with van der Waals surface area (Å²) in [5.74, 6) is -0.0965. The number of nitrogens with zero attached hydrogens (tertiary/aromatic N) is 1. The average molecular weight is 488 g/mol. The molecule has 1 aliphatic heterocycles. The smallest absolute Gasteiger partial charge is 0.329 e. The van der Waals surface area contributed by atoms with Crippen LogP contribution in [-0.2, 0) is 14.3 Å². The first-order valence-electron chi connectivity index (χ1n) is 8.31. The highest BCUT2D eigenvalue weighted by atomic mass is 127. The van der Waals surface area contributed by atoms with Crippen LogP contribution >= 0.6 is 22.6 Å². The Hall–Kier alpha value is -2.30. The topological polar surface area (TPSA) is 94.2 Å². The summed E-state index contributed by atoms with van der Waals surface area (Å²) in [5.41, 5.74) is 0.724. The van der Waals surface area contributed by atoms with Crippen LogP contribution in [0.1, 0.15) is 26.3 Å². The van der Waals surface area contributed by atoms with Gasteiger partial charge < -0.3 is 19.5 Å². The maximum absolute atomic E-state index is 12.4. The fraction of sp³-hybridized carbons (Fsp3) is 0.389. The van der Waals surface area contributed by atoms with Gasteiger partial charge in [-0.1, -0.05) is 0 Å². The number of hydrogen-bond donors (Lipinski definition) is 1. The fourth-order valence-electron chi connectivity index (χ4n) is 2.36. The molecule has 1 aromatic carbocycles. The van der Waals surface area contributed by atoms with Crippen LogP contribution in [0.4, 0.5) is 4.79 Å². The van der Waals surface area contributed by atoms with Gasteiger partial charge in [0.25, 0.3) is 5.91 Å². The standard InChI is InChI=1S/C18H21IN2O6/c1-5-26-14-8-11(6-12(19)16(14)27-10(2)3)7-13-17(23)21(18(24)20-13)9-15(22)25-4/h6-8,10H,5,9H2,1-4H3,(H,20,24)/b13-7+. The highest BCUT2D eigenvalue weighted by molar-refractivity contribution is 14.1. The molecule has 0 aliphatic carbocycles. The SMILES string of the molecule is CCOc1cc(/C=C2/NC(=O)N(CC(=O)OC)C2=O)cc(I)c1OC(C)C. The van der Waals surface area contributed by atoms with Crippen molar-refractivity contribution < 1.29 is 28.6 Å². The number of methoxy groups -OCH3 is 1. The third kappa shape index (κ3) is 5.12. The van der Waals surface area contributed by atoms with E-state index < -0.39 is 24.5 Å². The molecule has 2 rings (SSSR count). The number of urea groups is 1. The molecule has 8 nitrogen and oxygen atoms in total. The molecule has 1 N–H and O–H groups in total. The lowest BCUT2D eigenvalue weighted by Gasteiger charge is -2.17. The monoisotopic (exact) mass is 488 g/mol. The van der Waals surface area contributed by atoms with E-state index in [0.29, 0.717) is 23.7 Å². The minimum absolute atomic E-state index is 0.0236. The molecule has 27 heavy (non-hydrogen) atoms. The van der Waals surface area contributed by atoms with Crippen LogP contribution in [-0.4, -0.2) is 49.2 Å². The van der Waals surface area contributed by atoms with E-state index in [0.717, 1.165) is 8.47 Å². The molecule has 1 heterocycles. The Morgan fingerprint density at radius 3 is 2.63 bits per heavy atom. The van der Waals surface area contributed by atoms with Crippen LogP contribution < -0.4 is 14.8 Å². The molecule has 0 atom stereocenters. The Bertz CT molecular complexity index is 790. The van der Waals surface area contributed by atoms with Gasteiger partial charge in [-0.25, -0.2) is 9.69 Å². The van der Waals surface area contributed by atoms with E-state index in [1.165, 1.54) is 13.2 Å². The molecule has 0 spiro atoms. The lowest BCUT2D eigenvalue weighted by Crippen LogP contribution is -2.36. The van der Waals surface area contributed by atoms with Gasteiger partial charge in [-0.2, -0.15) is 0 Å². The maximum atomic E-state index is 12.4. The molecule has 146 valence electrons. The average Bonchev–Trinajstić information content (AvgIpc) is 2.85. The molecule has 1 saturated heterocycles. The van der Waals surface area contributed by atoms with Gasteiger partial charge in [0.05, 0.1) is 23.4 Å². The van der Waals surface area contributed by atoms with Crippen molar-refractivity contribution in [2.75, 3.05) is 20.3 Å². The Morgan fingerprint density at radius 2 is 2.04 bits per heavy atom. The van der Waals surface area contributed by atoms with Crippen molar-refractivity contribution >= 4 is 46.6 Å². The van der Waals surface area contributed by atoms with Gasteiger partial charge in [0.1, 0.15) is 12.2 Å². The van der Waals surface area contributed by atoms with Crippen molar-refractivity contribution in [3.05, 3.63) is 27.0 Å². The molecular formula is C18H21IN2O6. The van der Waals surface area contributed by atoms with Crippen molar-refractivity contribution in [3.8, 4) is 11.5 Å². The summed E-state index contributed by atoms with van der Waals surface area (Å²) in [6.45, 7) is 5.71. The van der Waals surface area contributed by atoms with Crippen molar-refractivity contribution in [2.24, 2.45) is 0 Å². The number of halogens is 1. The van der Waals surface area contributed by atoms with E-state index in [-0.39, 0.29) is 11.8 Å². The highest BCUT2D eigenvalue weighted by Gasteiger charge is 2.35. The Balaban J connectivity index is 2.34. The van der Waals surface area contributed by atoms with Gasteiger partial charge in [0.15, 0.2) is 11.5 Å². The van der Waals surface area contributed by atoms with Gasteiger partial charge in [0.2, 0.25) is 0 Å². The molecular weight excluding hydrogens is 467 g/mol. The highest BCUT2D eigenvalue weighted by Crippen LogP contribution is 2.35. The molecule has 9 heteroatoms. The number of carbonyl (C=O) groups excluding carboxylic acids is 3. The first-order chi connectivity index (χ1) is 12.8. The van der Waals surface area contributed by atoms with E-state index >= 15 is 0 Å². The number of ether oxygens (including phenoxy) is 3. The zero-order valence-electron chi connectivity index (χ0n) is 15.5. The summed E-state index contributed by atoms with van der Waals surface area (Å²) >= 11 is 2.13. The molecule has 0 unspecified atom stereocenters. The number of carbonyl (C=O) groups is 3. The molecule has 1 fully saturated rings. The largest absolute Gasteiger partial charge is 0.490 e. The molecule has 1 aromatic rings. The number of imide groups is 1. The van der Waals surface area contributed by atoms with E-state index in [1.54, 1.807) is 6.07 Å². The first kappa shape index (κ1) is 21.0. The number of nitrogens with one attached hydrogen (secondary N) is 1. The van der Waals surface area contributed by atoms with Gasteiger partial charge >= 0.3 is 12.0 Å². The van der Waals surface area contributed by atoms with Crippen LogP contribution in [0.3, 0.4) is 0 Å². The Morgan fingerprint density at radius 1 is 1.33 bits per heavy atom. The number of benzene rings is 1. The minimum atomic E-state index is -0.678. The van der Waals surface area contributed by atoms with Crippen molar-refractivity contribution in [1.82, 2.24) is 10.2 Å². The zero-order valence-corrected chi connectivity index (χ0v) is 17.7. The number of esters is 1. The van der Waals surface area contributed by atoms with E-state index in [9.17, 15) is 14.4 Å². The normalized spacial score (nSPS) is 15.3. The molecule has 1 aliphatic rings. The van der Waals surface area contributed by atoms with Crippen LogP contribution in [0.2, 0.25) is 0 Å². The zero-order chi connectivity index (χ0) is 20.1. The van der Waals surface area contributed by atoms with Crippen LogP contribution in [0, 0.1) is 3.57 Å². The van der Waals surface area contributed by atoms with Gasteiger partial charge in [-0.05, 0) is 67.1 Å². The lowest BCUT2D eigenvalue weighted by atomic mass is 10.1. The van der Waals surface area contributed by atoms with E-state index in [2.05, 4.69) is 32.6 Å². The maximum Gasteiger partial charge on any atom is 0.329 e. The third-order valence-electron chi connectivity index (χ3n) is 3.47. The minimum Gasteiger partial charge on any atom is -0.490 e. The van der Waals surface area contributed by atoms with Crippen LogP contribution in [0.15, 0.2) is 17.8 Å². The molecule has 0 aromatic heterocycles. The Kier molecular flexibility index (Phi) is 7.05. The molecule has 3 amide bonds. The van der Waals surface area contributed by atoms with Crippen molar-refractivity contribution in [3.63, 3.8) is 0 Å². The van der Waals surface area contributed by atoms with Gasteiger partial charge in [-0.15, -0.1) is 0 Å². The second-order valence-electron chi connectivity index (χ2n) is 5.89. The van der Waals surface area contributed by atoms with Crippen LogP contribution in [0.5, 0.6) is 11.5 Å². The first-order valence-corrected chi connectivity index (χ1v) is 9.39. The van der Waals surface area contributed by atoms with E-state index in [4.69, 9.17) is 9.47 Å². The predicted molar refractivity (Wildman–Crippen MR) is 106 cm³/mol. The molecule has 0 saturated carbocycles.